The number of amides is 2. The van der Waals surface area contributed by atoms with Crippen molar-refractivity contribution in [2.75, 3.05) is 30.4 Å². The number of ketones is 2. The van der Waals surface area contributed by atoms with Crippen LogP contribution in [0, 0.1) is 23.5 Å². The molecule has 0 aliphatic carbocycles. The lowest BCUT2D eigenvalue weighted by Crippen LogP contribution is -2.46. The SMILES string of the molecule is CC(C)(C)OC(=O)C[C@H]1C[C@@H](CCN)OC(C)(C)O1.CCCCOc1ccc(NC(=O)C(C(=O)C(C)C)C(C(=O)c2ccc(F)cc2)c2ccccc2)cc1.CCCCOc1ccc(NC(=O)c2c(-c3ccccc3)c(-c3ccc(F)cc3)n(CC[C@@H]3C[C@H](CC(=O)OC(C)(C)C)OC(C)(C)O3)c2C(C)C)cc1. The van der Waals surface area contributed by atoms with Gasteiger partial charge in [0.1, 0.15) is 46.0 Å². The molecule has 2 fully saturated rings. The van der Waals surface area contributed by atoms with Crippen LogP contribution < -0.4 is 25.8 Å². The average Bonchev–Trinajstić information content (AvgIpc) is 1.61. The van der Waals surface area contributed by atoms with Crippen LogP contribution in [0.2, 0.25) is 0 Å². The van der Waals surface area contributed by atoms with Crippen LogP contribution in [0.1, 0.15) is 219 Å². The van der Waals surface area contributed by atoms with Crippen LogP contribution >= 0.6 is 0 Å². The topological polar surface area (TPSA) is 231 Å². The molecule has 18 nitrogen and oxygen atoms in total. The molecule has 4 N–H and O–H groups in total. The second-order valence-corrected chi connectivity index (χ2v) is 31.0. The fourth-order valence-electron chi connectivity index (χ4n) is 13.2. The minimum absolute atomic E-state index is 0.0428. The van der Waals surface area contributed by atoms with Crippen LogP contribution in [0.3, 0.4) is 0 Å². The first-order valence-electron chi connectivity index (χ1n) is 38.0. The van der Waals surface area contributed by atoms with E-state index in [1.165, 1.54) is 36.4 Å². The average molecular weight is 1490 g/mol. The first kappa shape index (κ1) is 86.3. The highest BCUT2D eigenvalue weighted by molar-refractivity contribution is 6.15. The minimum atomic E-state index is -1.27. The number of hydrogen-bond donors (Lipinski definition) is 3. The predicted molar refractivity (Wildman–Crippen MR) is 419 cm³/mol. The summed E-state index contributed by atoms with van der Waals surface area (Å²) < 4.78 is 76.7. The zero-order valence-corrected chi connectivity index (χ0v) is 66.0. The molecule has 108 heavy (non-hydrogen) atoms. The maximum absolute atomic E-state index is 14.6. The Kier molecular flexibility index (Phi) is 31.9. The Morgan fingerprint density at radius 2 is 1.01 bits per heavy atom. The minimum Gasteiger partial charge on any atom is -0.494 e. The molecule has 2 unspecified atom stereocenters. The Hall–Kier alpha value is -8.92. The molecule has 0 bridgehead atoms. The molecule has 9 rings (SSSR count). The molecule has 0 radical (unpaired) electrons. The molecular formula is C88H114F2N4O14. The maximum Gasteiger partial charge on any atom is 0.308 e. The number of carbonyl (C=O) groups is 6. The third kappa shape index (κ3) is 26.7. The molecule has 2 aliphatic rings. The van der Waals surface area contributed by atoms with Crippen molar-refractivity contribution in [2.24, 2.45) is 17.6 Å². The number of nitrogens with one attached hydrogen (secondary N) is 2. The normalized spacial score (nSPS) is 17.3. The number of nitrogens with zero attached hydrogens (tertiary/aromatic N) is 1. The molecule has 2 amide bonds. The summed E-state index contributed by atoms with van der Waals surface area (Å²) in [6.07, 6.45) is 6.15. The second kappa shape index (κ2) is 40.0. The summed E-state index contributed by atoms with van der Waals surface area (Å²) in [5.74, 6) is -5.99. The number of esters is 2. The van der Waals surface area contributed by atoms with E-state index < -0.39 is 58.0 Å². The first-order chi connectivity index (χ1) is 51.1. The lowest BCUT2D eigenvalue weighted by molar-refractivity contribution is -0.301. The van der Waals surface area contributed by atoms with Crippen molar-refractivity contribution in [2.45, 2.75) is 241 Å². The van der Waals surface area contributed by atoms with Crippen molar-refractivity contribution >= 4 is 46.7 Å². The zero-order valence-electron chi connectivity index (χ0n) is 66.0. The highest BCUT2D eigenvalue weighted by Gasteiger charge is 2.43. The van der Waals surface area contributed by atoms with Gasteiger partial charge in [0.25, 0.3) is 5.91 Å². The van der Waals surface area contributed by atoms with Crippen LogP contribution in [0.15, 0.2) is 158 Å². The van der Waals surface area contributed by atoms with E-state index in [-0.39, 0.29) is 78.2 Å². The summed E-state index contributed by atoms with van der Waals surface area (Å²) in [7, 11) is 0. The maximum atomic E-state index is 14.6. The first-order valence-corrected chi connectivity index (χ1v) is 38.0. The highest BCUT2D eigenvalue weighted by atomic mass is 19.1. The van der Waals surface area contributed by atoms with Gasteiger partial charge in [0.15, 0.2) is 17.4 Å². The van der Waals surface area contributed by atoms with Crippen LogP contribution in [0.5, 0.6) is 11.5 Å². The number of hydrogen-bond acceptors (Lipinski definition) is 15. The van der Waals surface area contributed by atoms with E-state index in [1.54, 1.807) is 80.6 Å². The van der Waals surface area contributed by atoms with Gasteiger partial charge in [-0.05, 0) is 221 Å². The number of unbranched alkanes of at least 4 members (excludes halogenated alkanes) is 2. The quantitative estimate of drug-likeness (QED) is 0.0164. The van der Waals surface area contributed by atoms with Crippen molar-refractivity contribution < 1.29 is 75.4 Å². The molecule has 1 aromatic heterocycles. The standard InChI is InChI=1S/C44H55FN2O6.C30H32FNO4.C14H27NO4/c1-9-10-26-50-34-22-20-33(21-23-34)46-42(49)39-38(30-14-12-11-13-15-30)41(31-16-18-32(45)19-17-31)47(40(39)29(2)3)25-24-35-27-36(52-44(7,8)51-35)28-37(48)53-43(4,5)6;1-4-5-19-36-25-17-15-24(16-18-25)32-30(35)27(28(33)20(2)3)26(21-9-7-6-8-10-21)29(34)22-11-13-23(31)14-12-22;1-13(2,3)19-12(16)9-11-8-10(6-7-15)17-14(4,5)18-11/h11-23,29,35-36H,9-10,24-28H2,1-8H3,(H,46,49);6-18,20,26-27H,4-5,19H2,1-3H3,(H,32,35);10-11H,6-9,15H2,1-5H3/t35-,36-;;10-,11-/m1.1/s1. The Morgan fingerprint density at radius 1 is 0.565 bits per heavy atom. The molecule has 6 atom stereocenters. The van der Waals surface area contributed by atoms with E-state index in [0.717, 1.165) is 65.9 Å². The third-order valence-corrected chi connectivity index (χ3v) is 17.7. The monoisotopic (exact) mass is 1490 g/mol. The molecule has 2 aliphatic heterocycles. The molecule has 7 aromatic rings. The second-order valence-electron chi connectivity index (χ2n) is 31.0. The smallest absolute Gasteiger partial charge is 0.308 e. The Balaban J connectivity index is 0.000000253. The number of benzene rings is 6. The Bertz CT molecular complexity index is 4020. The van der Waals surface area contributed by atoms with Gasteiger partial charge in [-0.2, -0.15) is 0 Å². The molecule has 0 spiro atoms. The van der Waals surface area contributed by atoms with Gasteiger partial charge in [-0.15, -0.1) is 0 Å². The van der Waals surface area contributed by atoms with E-state index in [4.69, 9.17) is 43.6 Å². The van der Waals surface area contributed by atoms with Gasteiger partial charge in [0.2, 0.25) is 5.91 Å². The summed E-state index contributed by atoms with van der Waals surface area (Å²) in [6, 6.07) is 44.5. The fraction of sp³-hybridized carbons (Fsp3) is 0.477. The van der Waals surface area contributed by atoms with Crippen LogP contribution in [-0.4, -0.2) is 107 Å². The summed E-state index contributed by atoms with van der Waals surface area (Å²) in [5.41, 5.74) is 11.1. The number of ether oxygens (including phenoxy) is 8. The van der Waals surface area contributed by atoms with E-state index in [1.807, 2.05) is 124 Å². The van der Waals surface area contributed by atoms with E-state index in [2.05, 4.69) is 42.9 Å². The number of rotatable bonds is 30. The number of halogens is 2. The number of carbonyl (C=O) groups excluding carboxylic acids is 6. The van der Waals surface area contributed by atoms with Crippen LogP contribution in [0.4, 0.5) is 20.2 Å². The molecule has 584 valence electrons. The van der Waals surface area contributed by atoms with Crippen molar-refractivity contribution in [3.05, 3.63) is 192 Å². The molecular weight excluding hydrogens is 1370 g/mol. The third-order valence-electron chi connectivity index (χ3n) is 17.7. The summed E-state index contributed by atoms with van der Waals surface area (Å²) in [5, 5.41) is 5.97. The Labute approximate surface area is 637 Å². The highest BCUT2D eigenvalue weighted by Crippen LogP contribution is 2.44. The van der Waals surface area contributed by atoms with Crippen LogP contribution in [-0.2, 0) is 54.1 Å². The van der Waals surface area contributed by atoms with Gasteiger partial charge in [-0.1, -0.05) is 115 Å². The van der Waals surface area contributed by atoms with Crippen molar-refractivity contribution in [3.63, 3.8) is 0 Å². The fourth-order valence-corrected chi connectivity index (χ4v) is 13.2. The van der Waals surface area contributed by atoms with Gasteiger partial charge in [-0.25, -0.2) is 8.78 Å². The summed E-state index contributed by atoms with van der Waals surface area (Å²) in [6.45, 7) is 32.7. The van der Waals surface area contributed by atoms with E-state index >= 15 is 0 Å². The van der Waals surface area contributed by atoms with Gasteiger partial charge in [-0.3, -0.25) is 28.8 Å². The number of Topliss-reactive ketones (excluding diaryl/α,β-unsaturated/α-hetero) is 2. The van der Waals surface area contributed by atoms with Crippen LogP contribution in [0.25, 0.3) is 22.4 Å². The Morgan fingerprint density at radius 3 is 1.45 bits per heavy atom. The lowest BCUT2D eigenvalue weighted by atomic mass is 9.75. The van der Waals surface area contributed by atoms with E-state index in [9.17, 15) is 37.5 Å². The summed E-state index contributed by atoms with van der Waals surface area (Å²) >= 11 is 0. The van der Waals surface area contributed by atoms with Crippen molar-refractivity contribution in [1.82, 2.24) is 4.57 Å². The van der Waals surface area contributed by atoms with Crippen molar-refractivity contribution in [3.8, 4) is 33.9 Å². The predicted octanol–water partition coefficient (Wildman–Crippen LogP) is 19.0. The molecule has 6 aromatic carbocycles. The van der Waals surface area contributed by atoms with E-state index in [0.29, 0.717) is 73.8 Å². The molecule has 0 saturated carbocycles. The number of anilines is 2. The number of nitrogens with two attached hydrogens (primary N) is 1. The van der Waals surface area contributed by atoms with Gasteiger partial charge < -0.3 is 58.8 Å². The van der Waals surface area contributed by atoms with Crippen molar-refractivity contribution in [1.29, 1.82) is 0 Å². The molecule has 2 saturated heterocycles. The zero-order chi connectivity index (χ0) is 79.1. The van der Waals surface area contributed by atoms with Gasteiger partial charge in [0.05, 0.1) is 67.6 Å². The largest absolute Gasteiger partial charge is 0.494 e. The van der Waals surface area contributed by atoms with Gasteiger partial charge in [0, 0.05) is 53.5 Å². The van der Waals surface area contributed by atoms with Gasteiger partial charge >= 0.3 is 11.9 Å². The molecule has 3 heterocycles. The number of aromatic nitrogens is 1. The summed E-state index contributed by atoms with van der Waals surface area (Å²) in [4.78, 5) is 79.9. The molecule has 20 heteroatoms. The lowest BCUT2D eigenvalue weighted by Gasteiger charge is -2.41.